The highest BCUT2D eigenvalue weighted by atomic mass is 79.9. The molecule has 2 N–H and O–H groups in total. The number of aromatic nitrogens is 1. The summed E-state index contributed by atoms with van der Waals surface area (Å²) in [7, 11) is 0. The molecule has 6 heteroatoms. The summed E-state index contributed by atoms with van der Waals surface area (Å²) in [6.07, 6.45) is 0. The zero-order chi connectivity index (χ0) is 14.0. The quantitative estimate of drug-likeness (QED) is 0.901. The van der Waals surface area contributed by atoms with Crippen molar-refractivity contribution in [2.45, 2.75) is 20.4 Å². The van der Waals surface area contributed by atoms with E-state index in [0.717, 1.165) is 17.0 Å². The number of carboxylic acid groups (broad SMARTS) is 1. The van der Waals surface area contributed by atoms with Gasteiger partial charge in [-0.25, -0.2) is 4.79 Å². The van der Waals surface area contributed by atoms with Crippen LogP contribution in [-0.2, 0) is 6.54 Å². The third-order valence-electron chi connectivity index (χ3n) is 2.86. The molecule has 0 bridgehead atoms. The van der Waals surface area contributed by atoms with E-state index in [1.165, 1.54) is 0 Å². The van der Waals surface area contributed by atoms with Gasteiger partial charge in [-0.2, -0.15) is 0 Å². The van der Waals surface area contributed by atoms with Crippen LogP contribution in [0.25, 0.3) is 0 Å². The van der Waals surface area contributed by atoms with Crippen molar-refractivity contribution in [1.82, 2.24) is 5.16 Å². The molecular weight excluding hydrogens is 312 g/mol. The SMILES string of the molecule is Cc1noc(C)c1CNc1cccc(Br)c1C(=O)O. The van der Waals surface area contributed by atoms with Gasteiger partial charge in [0.2, 0.25) is 0 Å². The summed E-state index contributed by atoms with van der Waals surface area (Å²) in [6.45, 7) is 4.15. The first-order valence-electron chi connectivity index (χ1n) is 5.68. The lowest BCUT2D eigenvalue weighted by molar-refractivity contribution is 0.0697. The number of halogens is 1. The van der Waals surface area contributed by atoms with E-state index in [0.29, 0.717) is 16.7 Å². The fourth-order valence-electron chi connectivity index (χ4n) is 1.83. The summed E-state index contributed by atoms with van der Waals surface area (Å²) < 4.78 is 5.61. The van der Waals surface area contributed by atoms with Crippen molar-refractivity contribution < 1.29 is 14.4 Å². The number of benzene rings is 1. The Morgan fingerprint density at radius 1 is 1.47 bits per heavy atom. The van der Waals surface area contributed by atoms with Crippen molar-refractivity contribution in [2.75, 3.05) is 5.32 Å². The van der Waals surface area contributed by atoms with E-state index in [9.17, 15) is 9.90 Å². The summed E-state index contributed by atoms with van der Waals surface area (Å²) in [5.74, 6) is -0.245. The van der Waals surface area contributed by atoms with Crippen molar-refractivity contribution in [2.24, 2.45) is 0 Å². The Labute approximate surface area is 118 Å². The average Bonchev–Trinajstić information content (AvgIpc) is 2.66. The number of hydrogen-bond acceptors (Lipinski definition) is 4. The molecule has 0 amide bonds. The number of aromatic carboxylic acids is 1. The first-order valence-corrected chi connectivity index (χ1v) is 6.47. The Balaban J connectivity index is 2.25. The minimum atomic E-state index is -0.978. The predicted molar refractivity (Wildman–Crippen MR) is 74.4 cm³/mol. The number of carbonyl (C=O) groups is 1. The lowest BCUT2D eigenvalue weighted by atomic mass is 10.1. The smallest absolute Gasteiger partial charge is 0.338 e. The molecule has 0 fully saturated rings. The number of carboxylic acids is 1. The number of anilines is 1. The van der Waals surface area contributed by atoms with Gasteiger partial charge in [0.1, 0.15) is 5.76 Å². The number of nitrogens with one attached hydrogen (secondary N) is 1. The first kappa shape index (κ1) is 13.6. The average molecular weight is 325 g/mol. The van der Waals surface area contributed by atoms with Crippen LogP contribution in [0.3, 0.4) is 0 Å². The van der Waals surface area contributed by atoms with Gasteiger partial charge in [-0.05, 0) is 41.9 Å². The van der Waals surface area contributed by atoms with Crippen molar-refractivity contribution in [3.8, 4) is 0 Å². The van der Waals surface area contributed by atoms with Gasteiger partial charge >= 0.3 is 5.97 Å². The molecule has 5 nitrogen and oxygen atoms in total. The van der Waals surface area contributed by atoms with E-state index in [1.807, 2.05) is 13.8 Å². The van der Waals surface area contributed by atoms with Crippen molar-refractivity contribution in [1.29, 1.82) is 0 Å². The number of nitrogens with zero attached hydrogens (tertiary/aromatic N) is 1. The third-order valence-corrected chi connectivity index (χ3v) is 3.53. The zero-order valence-electron chi connectivity index (χ0n) is 10.5. The molecule has 0 radical (unpaired) electrons. The summed E-state index contributed by atoms with van der Waals surface area (Å²) in [5.41, 5.74) is 2.52. The second-order valence-corrected chi connectivity index (χ2v) is 4.98. The standard InChI is InChI=1S/C13H13BrN2O3/c1-7-9(8(2)19-16-7)6-15-11-5-3-4-10(14)12(11)13(17)18/h3-5,15H,6H2,1-2H3,(H,17,18). The van der Waals surface area contributed by atoms with E-state index < -0.39 is 5.97 Å². The van der Waals surface area contributed by atoms with Gasteiger partial charge in [-0.15, -0.1) is 0 Å². The molecule has 0 spiro atoms. The van der Waals surface area contributed by atoms with Crippen LogP contribution in [0.4, 0.5) is 5.69 Å². The van der Waals surface area contributed by atoms with Crippen LogP contribution in [0.2, 0.25) is 0 Å². The van der Waals surface area contributed by atoms with Gasteiger partial charge in [0.15, 0.2) is 0 Å². The maximum Gasteiger partial charge on any atom is 0.338 e. The van der Waals surface area contributed by atoms with Gasteiger partial charge in [0, 0.05) is 16.6 Å². The van der Waals surface area contributed by atoms with Gasteiger partial charge in [-0.3, -0.25) is 0 Å². The molecule has 0 aliphatic heterocycles. The van der Waals surface area contributed by atoms with Crippen molar-refractivity contribution in [3.05, 3.63) is 45.3 Å². The minimum Gasteiger partial charge on any atom is -0.478 e. The zero-order valence-corrected chi connectivity index (χ0v) is 12.1. The van der Waals surface area contributed by atoms with E-state index in [4.69, 9.17) is 4.52 Å². The normalized spacial score (nSPS) is 10.5. The number of rotatable bonds is 4. The van der Waals surface area contributed by atoms with Crippen molar-refractivity contribution >= 4 is 27.6 Å². The predicted octanol–water partition coefficient (Wildman–Crippen LogP) is 3.36. The second-order valence-electron chi connectivity index (χ2n) is 4.12. The molecule has 2 rings (SSSR count). The van der Waals surface area contributed by atoms with Crippen LogP contribution in [0.1, 0.15) is 27.4 Å². The lowest BCUT2D eigenvalue weighted by Gasteiger charge is -2.10. The molecule has 0 unspecified atom stereocenters. The molecular formula is C13H13BrN2O3. The highest BCUT2D eigenvalue weighted by Crippen LogP contribution is 2.25. The molecule has 1 aromatic carbocycles. The molecule has 0 atom stereocenters. The highest BCUT2D eigenvalue weighted by molar-refractivity contribution is 9.10. The minimum absolute atomic E-state index is 0.217. The molecule has 2 aromatic rings. The fourth-order valence-corrected chi connectivity index (χ4v) is 2.36. The molecule has 100 valence electrons. The Bertz CT molecular complexity index is 603. The second kappa shape index (κ2) is 5.44. The Morgan fingerprint density at radius 2 is 2.21 bits per heavy atom. The Morgan fingerprint density at radius 3 is 2.79 bits per heavy atom. The maximum atomic E-state index is 11.2. The largest absolute Gasteiger partial charge is 0.478 e. The summed E-state index contributed by atoms with van der Waals surface area (Å²) in [5, 5.41) is 16.2. The number of aryl methyl sites for hydroxylation is 2. The number of hydrogen-bond donors (Lipinski definition) is 2. The molecule has 0 aliphatic rings. The van der Waals surface area contributed by atoms with Gasteiger partial charge in [0.25, 0.3) is 0 Å². The van der Waals surface area contributed by atoms with Crippen LogP contribution in [0.5, 0.6) is 0 Å². The molecule has 0 aliphatic carbocycles. The van der Waals surface area contributed by atoms with Crippen molar-refractivity contribution in [3.63, 3.8) is 0 Å². The molecule has 1 aromatic heterocycles. The van der Waals surface area contributed by atoms with Crippen LogP contribution in [-0.4, -0.2) is 16.2 Å². The molecule has 19 heavy (non-hydrogen) atoms. The summed E-state index contributed by atoms with van der Waals surface area (Å²) in [4.78, 5) is 11.2. The Hall–Kier alpha value is -1.82. The fraction of sp³-hybridized carbons (Fsp3) is 0.231. The van der Waals surface area contributed by atoms with Crippen LogP contribution < -0.4 is 5.32 Å². The molecule has 1 heterocycles. The highest BCUT2D eigenvalue weighted by Gasteiger charge is 2.15. The topological polar surface area (TPSA) is 75.4 Å². The summed E-state index contributed by atoms with van der Waals surface area (Å²) in [6, 6.07) is 5.21. The van der Waals surface area contributed by atoms with Crippen LogP contribution >= 0.6 is 15.9 Å². The van der Waals surface area contributed by atoms with E-state index >= 15 is 0 Å². The van der Waals surface area contributed by atoms with Gasteiger partial charge in [0.05, 0.1) is 16.9 Å². The van der Waals surface area contributed by atoms with E-state index in [2.05, 4.69) is 26.4 Å². The first-order chi connectivity index (χ1) is 9.00. The monoisotopic (exact) mass is 324 g/mol. The molecule has 0 saturated carbocycles. The Kier molecular flexibility index (Phi) is 3.90. The van der Waals surface area contributed by atoms with Gasteiger partial charge in [-0.1, -0.05) is 11.2 Å². The third kappa shape index (κ3) is 2.78. The van der Waals surface area contributed by atoms with Crippen LogP contribution in [0, 0.1) is 13.8 Å². The summed E-state index contributed by atoms with van der Waals surface area (Å²) >= 11 is 3.24. The van der Waals surface area contributed by atoms with E-state index in [1.54, 1.807) is 18.2 Å². The lowest BCUT2D eigenvalue weighted by Crippen LogP contribution is -2.08. The van der Waals surface area contributed by atoms with Crippen LogP contribution in [0.15, 0.2) is 27.2 Å². The van der Waals surface area contributed by atoms with E-state index in [-0.39, 0.29) is 5.56 Å². The van der Waals surface area contributed by atoms with Gasteiger partial charge < -0.3 is 14.9 Å². The molecule has 0 saturated heterocycles. The maximum absolute atomic E-state index is 11.2.